The van der Waals surface area contributed by atoms with Crippen LogP contribution in [0, 0.1) is 0 Å². The molecular formula is C30H46N2O8P2. The van der Waals surface area contributed by atoms with Crippen molar-refractivity contribution in [2.45, 2.75) is 103 Å². The summed E-state index contributed by atoms with van der Waals surface area (Å²) >= 11 is 0. The highest BCUT2D eigenvalue weighted by Crippen LogP contribution is 2.34. The maximum atomic E-state index is 12.0. The van der Waals surface area contributed by atoms with E-state index in [1.165, 1.54) is 99.9 Å². The molecule has 2 aromatic rings. The van der Waals surface area contributed by atoms with Gasteiger partial charge >= 0.3 is 15.2 Å². The largest absolute Gasteiger partial charge is 0.356 e. The zero-order chi connectivity index (χ0) is 30.8. The fraction of sp³-hybridized carbons (Fsp3) is 0.533. The third-order valence-electron chi connectivity index (χ3n) is 7.03. The third kappa shape index (κ3) is 15.8. The van der Waals surface area contributed by atoms with Crippen LogP contribution in [0.3, 0.4) is 0 Å². The van der Waals surface area contributed by atoms with Gasteiger partial charge in [0.25, 0.3) is 0 Å². The van der Waals surface area contributed by atoms with Crippen LogP contribution in [0.4, 0.5) is 11.4 Å². The summed E-state index contributed by atoms with van der Waals surface area (Å²) in [6.07, 6.45) is 16.5. The van der Waals surface area contributed by atoms with E-state index < -0.39 is 15.2 Å². The van der Waals surface area contributed by atoms with Gasteiger partial charge in [0.1, 0.15) is 0 Å². The van der Waals surface area contributed by atoms with Gasteiger partial charge in [-0.3, -0.25) is 18.7 Å². The molecule has 0 heterocycles. The number of carbonyl (C=O) groups excluding carboxylic acids is 2. The van der Waals surface area contributed by atoms with E-state index in [-0.39, 0.29) is 22.4 Å². The second-order valence-corrected chi connectivity index (χ2v) is 13.9. The molecule has 0 fully saturated rings. The summed E-state index contributed by atoms with van der Waals surface area (Å²) in [5.74, 6) is -0.175. The van der Waals surface area contributed by atoms with Gasteiger partial charge in [0.2, 0.25) is 11.8 Å². The van der Waals surface area contributed by atoms with E-state index in [9.17, 15) is 18.7 Å². The smallest absolute Gasteiger partial charge is 0.326 e. The van der Waals surface area contributed by atoms with E-state index in [4.69, 9.17) is 19.6 Å². The van der Waals surface area contributed by atoms with Crippen LogP contribution in [0.5, 0.6) is 0 Å². The van der Waals surface area contributed by atoms with Crippen molar-refractivity contribution in [1.29, 1.82) is 0 Å². The summed E-state index contributed by atoms with van der Waals surface area (Å²) in [6, 6.07) is 11.3. The summed E-state index contributed by atoms with van der Waals surface area (Å²) < 4.78 is 22.4. The van der Waals surface area contributed by atoms with Crippen LogP contribution in [-0.2, 0) is 18.7 Å². The molecule has 0 bridgehead atoms. The summed E-state index contributed by atoms with van der Waals surface area (Å²) in [6.45, 7) is 0. The van der Waals surface area contributed by atoms with E-state index >= 15 is 0 Å². The van der Waals surface area contributed by atoms with Crippen LogP contribution in [0.15, 0.2) is 48.5 Å². The van der Waals surface area contributed by atoms with Crippen molar-refractivity contribution in [3.05, 3.63) is 48.5 Å². The molecule has 42 heavy (non-hydrogen) atoms. The normalized spacial score (nSPS) is 11.8. The second-order valence-electron chi connectivity index (χ2n) is 10.7. The van der Waals surface area contributed by atoms with Gasteiger partial charge in [-0.2, -0.15) is 0 Å². The highest BCUT2D eigenvalue weighted by atomic mass is 31.2. The molecule has 10 nitrogen and oxygen atoms in total. The average molecular weight is 625 g/mol. The molecule has 0 spiro atoms. The standard InChI is InChI=1S/C30H46N2O8P2/c33-29(31-25-17-21-27(22-18-25)41(35,36)37)15-13-11-9-7-5-3-1-2-4-6-8-10-12-14-16-30(34)32-26-19-23-28(24-20-26)42(38,39)40/h17-24H,1-16H2,(H,31,33)(H,32,34)(H2,35,36,37)(H2,38,39,40). The van der Waals surface area contributed by atoms with E-state index in [1.807, 2.05) is 0 Å². The van der Waals surface area contributed by atoms with Gasteiger partial charge in [-0.25, -0.2) is 0 Å². The summed E-state index contributed by atoms with van der Waals surface area (Å²) in [5.41, 5.74) is 1.07. The number of nitrogens with one attached hydrogen (secondary N) is 2. The Labute approximate surface area is 249 Å². The summed E-state index contributed by atoms with van der Waals surface area (Å²) in [4.78, 5) is 60.6. The number of hydrogen-bond donors (Lipinski definition) is 6. The SMILES string of the molecule is O=C(CCCCCCCCCCCCCCCCC(=O)Nc1ccc(P(=O)(O)O)cc1)Nc1ccc(P(=O)(O)O)cc1. The molecule has 0 aliphatic rings. The molecule has 2 rings (SSSR count). The quantitative estimate of drug-likeness (QED) is 0.0713. The van der Waals surface area contributed by atoms with Crippen molar-refractivity contribution < 1.29 is 38.3 Å². The minimum atomic E-state index is -4.27. The lowest BCUT2D eigenvalue weighted by Crippen LogP contribution is -2.12. The van der Waals surface area contributed by atoms with Crippen LogP contribution in [0.2, 0.25) is 0 Å². The Bertz CT molecular complexity index is 1080. The number of hydrogen-bond acceptors (Lipinski definition) is 4. The Morgan fingerprint density at radius 1 is 0.452 bits per heavy atom. The highest BCUT2D eigenvalue weighted by Gasteiger charge is 2.17. The first-order valence-electron chi connectivity index (χ1n) is 14.9. The summed E-state index contributed by atoms with van der Waals surface area (Å²) in [7, 11) is -8.54. The molecule has 6 N–H and O–H groups in total. The van der Waals surface area contributed by atoms with E-state index in [0.29, 0.717) is 24.2 Å². The van der Waals surface area contributed by atoms with E-state index in [0.717, 1.165) is 38.5 Å². The fourth-order valence-electron chi connectivity index (χ4n) is 4.62. The second kappa shape index (κ2) is 19.1. The van der Waals surface area contributed by atoms with Crippen LogP contribution >= 0.6 is 15.2 Å². The Hall–Kier alpha value is -2.32. The number of carbonyl (C=O) groups is 2. The Balaban J connectivity index is 1.34. The van der Waals surface area contributed by atoms with Gasteiger partial charge in [0, 0.05) is 24.2 Å². The molecular weight excluding hydrogens is 578 g/mol. The lowest BCUT2D eigenvalue weighted by molar-refractivity contribution is -0.117. The van der Waals surface area contributed by atoms with Gasteiger partial charge in [-0.15, -0.1) is 0 Å². The molecule has 2 amide bonds. The van der Waals surface area contributed by atoms with E-state index in [1.54, 1.807) is 0 Å². The maximum Gasteiger partial charge on any atom is 0.356 e. The third-order valence-corrected chi connectivity index (χ3v) is 8.97. The van der Waals surface area contributed by atoms with Gasteiger partial charge < -0.3 is 30.2 Å². The maximum absolute atomic E-state index is 12.0. The molecule has 0 radical (unpaired) electrons. The monoisotopic (exact) mass is 624 g/mol. The summed E-state index contributed by atoms with van der Waals surface area (Å²) in [5, 5.41) is 5.39. The first-order chi connectivity index (χ1) is 19.9. The lowest BCUT2D eigenvalue weighted by Gasteiger charge is -2.08. The van der Waals surface area contributed by atoms with E-state index in [2.05, 4.69) is 10.6 Å². The molecule has 0 saturated heterocycles. The molecule has 0 aromatic heterocycles. The van der Waals surface area contributed by atoms with Crippen molar-refractivity contribution in [2.24, 2.45) is 0 Å². The van der Waals surface area contributed by atoms with Gasteiger partial charge in [0.15, 0.2) is 0 Å². The van der Waals surface area contributed by atoms with Crippen molar-refractivity contribution in [3.63, 3.8) is 0 Å². The number of unbranched alkanes of at least 4 members (excludes halogenated alkanes) is 13. The first-order valence-corrected chi connectivity index (χ1v) is 18.1. The molecule has 0 atom stereocenters. The predicted octanol–water partition coefficient (Wildman–Crippen LogP) is 6.11. The average Bonchev–Trinajstić information content (AvgIpc) is 2.92. The molecule has 234 valence electrons. The number of anilines is 2. The van der Waals surface area contributed by atoms with Gasteiger partial charge in [-0.1, -0.05) is 77.0 Å². The minimum absolute atomic E-state index is 0.0655. The van der Waals surface area contributed by atoms with Crippen LogP contribution in [0.1, 0.15) is 103 Å². The van der Waals surface area contributed by atoms with Crippen molar-refractivity contribution in [3.8, 4) is 0 Å². The molecule has 0 aliphatic carbocycles. The van der Waals surface area contributed by atoms with Gasteiger partial charge in [0.05, 0.1) is 10.6 Å². The molecule has 12 heteroatoms. The Morgan fingerprint density at radius 3 is 0.929 bits per heavy atom. The Morgan fingerprint density at radius 2 is 0.690 bits per heavy atom. The van der Waals surface area contributed by atoms with Crippen molar-refractivity contribution in [1.82, 2.24) is 0 Å². The molecule has 2 aromatic carbocycles. The van der Waals surface area contributed by atoms with Gasteiger partial charge in [-0.05, 0) is 61.4 Å². The number of rotatable bonds is 21. The minimum Gasteiger partial charge on any atom is -0.326 e. The Kier molecular flexibility index (Phi) is 16.3. The lowest BCUT2D eigenvalue weighted by atomic mass is 10.0. The molecule has 0 unspecified atom stereocenters. The zero-order valence-electron chi connectivity index (χ0n) is 24.2. The van der Waals surface area contributed by atoms with Crippen molar-refractivity contribution >= 4 is 49.0 Å². The topological polar surface area (TPSA) is 173 Å². The van der Waals surface area contributed by atoms with Crippen LogP contribution < -0.4 is 21.2 Å². The van der Waals surface area contributed by atoms with Crippen molar-refractivity contribution in [2.75, 3.05) is 10.6 Å². The van der Waals surface area contributed by atoms with Crippen LogP contribution in [0.25, 0.3) is 0 Å². The highest BCUT2D eigenvalue weighted by molar-refractivity contribution is 7.60. The predicted molar refractivity (Wildman–Crippen MR) is 167 cm³/mol. The zero-order valence-corrected chi connectivity index (χ0v) is 26.0. The number of amides is 2. The molecule has 0 saturated carbocycles. The first kappa shape index (κ1) is 35.9. The molecule has 0 aliphatic heterocycles. The fourth-order valence-corrected chi connectivity index (χ4v) is 5.69. The number of benzene rings is 2. The van der Waals surface area contributed by atoms with Crippen LogP contribution in [-0.4, -0.2) is 31.4 Å².